The molecule has 0 aliphatic rings. The fraction of sp³-hybridized carbons (Fsp3) is 0.0667. The van der Waals surface area contributed by atoms with Gasteiger partial charge in [-0.2, -0.15) is 38.3 Å². The third kappa shape index (κ3) is 13.2. The van der Waals surface area contributed by atoms with Crippen LogP contribution in [0.4, 0.5) is 58.4 Å². The lowest BCUT2D eigenvalue weighted by atomic mass is 10.0. The lowest BCUT2D eigenvalue weighted by molar-refractivity contribution is -0.432. The molecule has 20 heteroatoms. The van der Waals surface area contributed by atoms with E-state index in [1.165, 1.54) is 18.2 Å². The third-order valence-electron chi connectivity index (χ3n) is 9.33. The molecule has 0 aliphatic heterocycles. The van der Waals surface area contributed by atoms with Crippen molar-refractivity contribution in [2.24, 2.45) is 0 Å². The summed E-state index contributed by atoms with van der Waals surface area (Å²) < 4.78 is 37.5. The first-order valence-electron chi connectivity index (χ1n) is 19.9. The molecule has 0 amide bonds. The second-order valence-corrected chi connectivity index (χ2v) is 16.3. The normalized spacial score (nSPS) is 11.1. The van der Waals surface area contributed by atoms with Gasteiger partial charge in [-0.1, -0.05) is 102 Å². The number of nitrogens with one attached hydrogen (secondary N) is 6. The zero-order chi connectivity index (χ0) is 44.9. The minimum atomic E-state index is -4.40. The average molecular weight is 909 g/mol. The van der Waals surface area contributed by atoms with Gasteiger partial charge >= 0.3 is 0 Å². The van der Waals surface area contributed by atoms with E-state index in [9.17, 15) is 13.0 Å². The molecule has 2 heterocycles. The predicted octanol–water partition coefficient (Wildman–Crippen LogP) is 9.52. The number of para-hydroxylation sites is 2. The van der Waals surface area contributed by atoms with E-state index >= 15 is 0 Å². The Bertz CT molecular complexity index is 2940. The molecule has 2 aromatic heterocycles. The van der Waals surface area contributed by atoms with Crippen LogP contribution in [0.5, 0.6) is 0 Å². The molecule has 0 fully saturated rings. The van der Waals surface area contributed by atoms with Crippen LogP contribution < -0.4 is 31.9 Å². The van der Waals surface area contributed by atoms with E-state index in [2.05, 4.69) is 108 Å². The quantitative estimate of drug-likeness (QED) is 0.0154. The first-order chi connectivity index (χ1) is 31.7. The third-order valence-corrected chi connectivity index (χ3v) is 10.7. The molecule has 8 aromatic rings. The molecule has 0 radical (unpaired) electrons. The van der Waals surface area contributed by atoms with Crippen LogP contribution in [0, 0.1) is 0 Å². The summed E-state index contributed by atoms with van der Waals surface area (Å²) >= 11 is 0.847. The highest BCUT2D eigenvalue weighted by Crippen LogP contribution is 2.26. The lowest BCUT2D eigenvalue weighted by Gasteiger charge is -2.12. The van der Waals surface area contributed by atoms with Gasteiger partial charge in [-0.3, -0.25) is 4.55 Å². The van der Waals surface area contributed by atoms with E-state index in [-0.39, 0.29) is 22.7 Å². The van der Waals surface area contributed by atoms with Gasteiger partial charge in [0.15, 0.2) is 0 Å². The standard InChI is InChI=1S/C45H40N12O6S2/c58-62-63-64-38-15-7-13-36(26-38)50-44-54-40(52-42(56-44)48-34-9-3-1-4-10-34)46-28-32-21-17-30(18-22-32)25-31-19-23-33(24-20-31)29-47-41-53-43(49-35-11-5-2-6-12-35)57-45(55-41)51-37-14-8-16-39(27-37)65(59,60)61/h1-24,26-27,58H,25,28-29H2,(H,59,60,61)(H3,46,48,50,52,54,56)(H3,47,49,51,53,55,57). The minimum Gasteiger partial charge on any atom is -0.350 e. The average Bonchev–Trinajstić information content (AvgIpc) is 3.31. The predicted molar refractivity (Wildman–Crippen MR) is 249 cm³/mol. The van der Waals surface area contributed by atoms with Crippen molar-refractivity contribution < 1.29 is 27.6 Å². The van der Waals surface area contributed by atoms with Gasteiger partial charge in [0.25, 0.3) is 10.1 Å². The topological polar surface area (TPSA) is 243 Å². The van der Waals surface area contributed by atoms with Crippen LogP contribution >= 0.6 is 12.0 Å². The summed E-state index contributed by atoms with van der Waals surface area (Å²) in [6, 6.07) is 48.5. The molecular weight excluding hydrogens is 869 g/mol. The van der Waals surface area contributed by atoms with Gasteiger partial charge in [-0.15, -0.1) is 4.33 Å². The molecule has 6 aromatic carbocycles. The maximum Gasteiger partial charge on any atom is 0.294 e. The van der Waals surface area contributed by atoms with Crippen LogP contribution in [0.1, 0.15) is 22.3 Å². The van der Waals surface area contributed by atoms with Crippen molar-refractivity contribution >= 4 is 80.6 Å². The summed E-state index contributed by atoms with van der Waals surface area (Å²) in [5, 5.41) is 31.5. The van der Waals surface area contributed by atoms with Crippen LogP contribution in [0.2, 0.25) is 0 Å². The van der Waals surface area contributed by atoms with Crippen molar-refractivity contribution in [1.82, 2.24) is 29.9 Å². The van der Waals surface area contributed by atoms with Crippen molar-refractivity contribution in [3.8, 4) is 0 Å². The van der Waals surface area contributed by atoms with Crippen molar-refractivity contribution in [3.63, 3.8) is 0 Å². The summed E-state index contributed by atoms with van der Waals surface area (Å²) in [5.74, 6) is 1.72. The maximum atomic E-state index is 11.7. The number of rotatable bonds is 20. The molecule has 0 atom stereocenters. The Hall–Kier alpha value is -7.72. The summed E-state index contributed by atoms with van der Waals surface area (Å²) in [7, 11) is -4.40. The monoisotopic (exact) mass is 908 g/mol. The number of aromatic nitrogens is 6. The van der Waals surface area contributed by atoms with Gasteiger partial charge in [-0.05, 0) is 89.3 Å². The zero-order valence-electron chi connectivity index (χ0n) is 34.2. The molecule has 0 saturated heterocycles. The van der Waals surface area contributed by atoms with E-state index < -0.39 is 10.1 Å². The molecule has 0 spiro atoms. The Morgan fingerprint density at radius 1 is 0.462 bits per heavy atom. The first-order valence-corrected chi connectivity index (χ1v) is 22.0. The molecule has 328 valence electrons. The summed E-state index contributed by atoms with van der Waals surface area (Å²) in [5.41, 5.74) is 6.93. The molecule has 0 saturated carbocycles. The lowest BCUT2D eigenvalue weighted by Crippen LogP contribution is -2.10. The Labute approximate surface area is 377 Å². The number of benzene rings is 6. The molecule has 0 aliphatic carbocycles. The minimum absolute atomic E-state index is 0.157. The van der Waals surface area contributed by atoms with Gasteiger partial charge < -0.3 is 31.9 Å². The molecule has 8 rings (SSSR count). The Morgan fingerprint density at radius 2 is 0.862 bits per heavy atom. The highest BCUT2D eigenvalue weighted by molar-refractivity contribution is 7.94. The van der Waals surface area contributed by atoms with Gasteiger partial charge in [0.1, 0.15) is 0 Å². The summed E-state index contributed by atoms with van der Waals surface area (Å²) in [4.78, 5) is 27.7. The Balaban J connectivity index is 0.889. The van der Waals surface area contributed by atoms with Crippen molar-refractivity contribution in [2.75, 3.05) is 31.9 Å². The number of anilines is 10. The molecule has 8 N–H and O–H groups in total. The summed E-state index contributed by atoms with van der Waals surface area (Å²) in [6.07, 6.45) is 0.729. The fourth-order valence-corrected chi connectivity index (χ4v) is 7.20. The smallest absolute Gasteiger partial charge is 0.294 e. The largest absolute Gasteiger partial charge is 0.350 e. The van der Waals surface area contributed by atoms with E-state index in [1.54, 1.807) is 18.2 Å². The molecular formula is C45H40N12O6S2. The molecule has 18 nitrogen and oxygen atoms in total. The fourth-order valence-electron chi connectivity index (χ4n) is 6.26. The number of nitrogens with zero attached hydrogens (tertiary/aromatic N) is 6. The van der Waals surface area contributed by atoms with Crippen LogP contribution in [0.3, 0.4) is 0 Å². The first kappa shape index (κ1) is 43.9. The highest BCUT2D eigenvalue weighted by atomic mass is 32.2. The van der Waals surface area contributed by atoms with Crippen molar-refractivity contribution in [1.29, 1.82) is 0 Å². The van der Waals surface area contributed by atoms with Gasteiger partial charge in [-0.25, -0.2) is 5.26 Å². The molecule has 0 unspecified atom stereocenters. The summed E-state index contributed by atoms with van der Waals surface area (Å²) in [6.45, 7) is 0.880. The maximum absolute atomic E-state index is 11.7. The molecule has 65 heavy (non-hydrogen) atoms. The van der Waals surface area contributed by atoms with Gasteiger partial charge in [0.05, 0.1) is 16.9 Å². The van der Waals surface area contributed by atoms with Crippen LogP contribution in [0.25, 0.3) is 0 Å². The SMILES string of the molecule is O=S(=O)(O)c1cccc(Nc2nc(NCc3ccc(Cc4ccc(CNc5nc(Nc6ccccc6)nc(Nc6cccc(SOOO)c6)n5)cc4)cc3)nc(Nc3ccccc3)n2)c1. The van der Waals surface area contributed by atoms with E-state index in [0.717, 1.165) is 52.1 Å². The van der Waals surface area contributed by atoms with E-state index in [0.29, 0.717) is 47.2 Å². The van der Waals surface area contributed by atoms with Crippen LogP contribution in [-0.4, -0.2) is 48.1 Å². The van der Waals surface area contributed by atoms with Crippen molar-refractivity contribution in [2.45, 2.75) is 29.3 Å². The van der Waals surface area contributed by atoms with Crippen LogP contribution in [0.15, 0.2) is 168 Å². The zero-order valence-corrected chi connectivity index (χ0v) is 35.8. The number of hydrogen-bond donors (Lipinski definition) is 8. The van der Waals surface area contributed by atoms with Crippen molar-refractivity contribution in [3.05, 3.63) is 180 Å². The van der Waals surface area contributed by atoms with E-state index in [4.69, 9.17) is 5.26 Å². The second-order valence-electron chi connectivity index (χ2n) is 14.1. The molecule has 0 bridgehead atoms. The Morgan fingerprint density at radius 3 is 1.32 bits per heavy atom. The van der Waals surface area contributed by atoms with E-state index in [1.807, 2.05) is 84.9 Å². The highest BCUT2D eigenvalue weighted by Gasteiger charge is 2.13. The second kappa shape index (κ2) is 21.1. The Kier molecular flexibility index (Phi) is 14.3. The van der Waals surface area contributed by atoms with Gasteiger partial charge in [0.2, 0.25) is 35.7 Å². The number of hydrogen-bond acceptors (Lipinski definition) is 18. The van der Waals surface area contributed by atoms with Gasteiger partial charge in [0, 0.05) is 40.7 Å². The van der Waals surface area contributed by atoms with Crippen LogP contribution in [-0.2, 0) is 39.0 Å².